The Balaban J connectivity index is 1.42. The standard InChI is InChI=1S/C22H24FNO4/c1-15(17-10-9-16-5-2-3-6-18(16)11-17)24-21(25)13-28-22(26)14-27-20-8-4-7-19(23)12-20/h4,7-12,15H,2-3,5-6,13-14H2,1H3,(H,24,25). The average molecular weight is 385 g/mol. The molecule has 1 N–H and O–H groups in total. The molecule has 5 nitrogen and oxygen atoms in total. The lowest BCUT2D eigenvalue weighted by atomic mass is 9.89. The fourth-order valence-corrected chi connectivity index (χ4v) is 3.28. The van der Waals surface area contributed by atoms with Gasteiger partial charge in [0.1, 0.15) is 11.6 Å². The molecule has 3 rings (SSSR count). The van der Waals surface area contributed by atoms with Crippen molar-refractivity contribution in [2.45, 2.75) is 38.6 Å². The van der Waals surface area contributed by atoms with Crippen LogP contribution in [0.4, 0.5) is 4.39 Å². The summed E-state index contributed by atoms with van der Waals surface area (Å²) in [6.45, 7) is 1.12. The number of carbonyl (C=O) groups excluding carboxylic acids is 2. The molecular weight excluding hydrogens is 361 g/mol. The fraction of sp³-hybridized carbons (Fsp3) is 0.364. The Labute approximate surface area is 163 Å². The Morgan fingerprint density at radius 2 is 1.86 bits per heavy atom. The second-order valence-electron chi connectivity index (χ2n) is 6.93. The number of benzene rings is 2. The van der Waals surface area contributed by atoms with Gasteiger partial charge >= 0.3 is 5.97 Å². The van der Waals surface area contributed by atoms with Crippen LogP contribution in [0.15, 0.2) is 42.5 Å². The third-order valence-corrected chi connectivity index (χ3v) is 4.77. The SMILES string of the molecule is CC(NC(=O)COC(=O)COc1cccc(F)c1)c1ccc2c(c1)CCCC2. The van der Waals surface area contributed by atoms with Crippen LogP contribution in [0.2, 0.25) is 0 Å². The van der Waals surface area contributed by atoms with Crippen molar-refractivity contribution < 1.29 is 23.5 Å². The molecule has 1 amide bonds. The molecule has 2 aromatic carbocycles. The number of hydrogen-bond acceptors (Lipinski definition) is 4. The van der Waals surface area contributed by atoms with Crippen LogP contribution in [0.5, 0.6) is 5.75 Å². The number of fused-ring (bicyclic) bond motifs is 1. The number of ether oxygens (including phenoxy) is 2. The Morgan fingerprint density at radius 3 is 2.64 bits per heavy atom. The number of carbonyl (C=O) groups is 2. The van der Waals surface area contributed by atoms with Crippen LogP contribution in [0.25, 0.3) is 0 Å². The minimum Gasteiger partial charge on any atom is -0.482 e. The van der Waals surface area contributed by atoms with Crippen molar-refractivity contribution in [3.05, 3.63) is 65.0 Å². The summed E-state index contributed by atoms with van der Waals surface area (Å²) in [7, 11) is 0. The van der Waals surface area contributed by atoms with Crippen molar-refractivity contribution >= 4 is 11.9 Å². The van der Waals surface area contributed by atoms with Gasteiger partial charge in [-0.2, -0.15) is 0 Å². The van der Waals surface area contributed by atoms with E-state index in [2.05, 4.69) is 17.4 Å². The molecule has 28 heavy (non-hydrogen) atoms. The van der Waals surface area contributed by atoms with Crippen LogP contribution in [-0.4, -0.2) is 25.1 Å². The molecule has 2 aromatic rings. The Kier molecular flexibility index (Phi) is 6.63. The molecule has 0 bridgehead atoms. The lowest BCUT2D eigenvalue weighted by molar-refractivity contribution is -0.150. The first kappa shape index (κ1) is 19.9. The quantitative estimate of drug-likeness (QED) is 0.741. The Hall–Kier alpha value is -2.89. The van der Waals surface area contributed by atoms with Gasteiger partial charge in [-0.1, -0.05) is 24.3 Å². The summed E-state index contributed by atoms with van der Waals surface area (Å²) in [4.78, 5) is 23.8. The van der Waals surface area contributed by atoms with Crippen LogP contribution in [0.1, 0.15) is 42.5 Å². The average Bonchev–Trinajstić information content (AvgIpc) is 2.70. The number of hydrogen-bond donors (Lipinski definition) is 1. The third-order valence-electron chi connectivity index (χ3n) is 4.77. The molecule has 1 aliphatic carbocycles. The van der Waals surface area contributed by atoms with Crippen molar-refractivity contribution in [1.82, 2.24) is 5.32 Å². The highest BCUT2D eigenvalue weighted by atomic mass is 19.1. The van der Waals surface area contributed by atoms with Crippen molar-refractivity contribution in [3.8, 4) is 5.75 Å². The smallest absolute Gasteiger partial charge is 0.344 e. The third kappa shape index (κ3) is 5.55. The van der Waals surface area contributed by atoms with E-state index in [4.69, 9.17) is 9.47 Å². The van der Waals surface area contributed by atoms with Crippen molar-refractivity contribution in [2.24, 2.45) is 0 Å². The van der Waals surface area contributed by atoms with Crippen LogP contribution < -0.4 is 10.1 Å². The largest absolute Gasteiger partial charge is 0.482 e. The van der Waals surface area contributed by atoms with Crippen LogP contribution >= 0.6 is 0 Å². The van der Waals surface area contributed by atoms with Gasteiger partial charge in [-0.3, -0.25) is 4.79 Å². The van der Waals surface area contributed by atoms with Gasteiger partial charge in [0.2, 0.25) is 0 Å². The summed E-state index contributed by atoms with van der Waals surface area (Å²) in [6, 6.07) is 11.6. The normalized spacial score (nSPS) is 13.9. The number of amides is 1. The molecule has 0 heterocycles. The van der Waals surface area contributed by atoms with Gasteiger partial charge in [-0.25, -0.2) is 9.18 Å². The second-order valence-corrected chi connectivity index (χ2v) is 6.93. The summed E-state index contributed by atoms with van der Waals surface area (Å²) in [5.41, 5.74) is 3.78. The number of esters is 1. The summed E-state index contributed by atoms with van der Waals surface area (Å²) in [5.74, 6) is -1.31. The Bertz CT molecular complexity index is 852. The molecule has 0 aromatic heterocycles. The lowest BCUT2D eigenvalue weighted by Gasteiger charge is -2.20. The van der Waals surface area contributed by atoms with Gasteiger partial charge in [-0.15, -0.1) is 0 Å². The van der Waals surface area contributed by atoms with E-state index in [1.807, 2.05) is 13.0 Å². The predicted molar refractivity (Wildman–Crippen MR) is 102 cm³/mol. The zero-order valence-corrected chi connectivity index (χ0v) is 15.9. The second kappa shape index (κ2) is 9.35. The molecule has 0 spiro atoms. The van der Waals surface area contributed by atoms with E-state index in [-0.39, 0.29) is 24.3 Å². The maximum atomic E-state index is 13.1. The van der Waals surface area contributed by atoms with E-state index in [0.717, 1.165) is 18.4 Å². The molecule has 1 unspecified atom stereocenters. The topological polar surface area (TPSA) is 64.6 Å². The molecule has 148 valence electrons. The van der Waals surface area contributed by atoms with E-state index in [1.165, 1.54) is 48.2 Å². The number of aryl methyl sites for hydroxylation is 2. The van der Waals surface area contributed by atoms with Gasteiger partial charge in [0, 0.05) is 6.07 Å². The van der Waals surface area contributed by atoms with Crippen LogP contribution in [0.3, 0.4) is 0 Å². The van der Waals surface area contributed by atoms with Gasteiger partial charge in [0.05, 0.1) is 6.04 Å². The van der Waals surface area contributed by atoms with Crippen molar-refractivity contribution in [3.63, 3.8) is 0 Å². The molecule has 1 atom stereocenters. The van der Waals surface area contributed by atoms with Gasteiger partial charge in [0.15, 0.2) is 13.2 Å². The summed E-state index contributed by atoms with van der Waals surface area (Å²) >= 11 is 0. The zero-order chi connectivity index (χ0) is 19.9. The monoisotopic (exact) mass is 385 g/mol. The van der Waals surface area contributed by atoms with Gasteiger partial charge < -0.3 is 14.8 Å². The molecule has 0 radical (unpaired) electrons. The lowest BCUT2D eigenvalue weighted by Crippen LogP contribution is -2.32. The Morgan fingerprint density at radius 1 is 1.07 bits per heavy atom. The number of halogens is 1. The first-order valence-corrected chi connectivity index (χ1v) is 9.46. The molecule has 0 saturated carbocycles. The molecule has 6 heteroatoms. The summed E-state index contributed by atoms with van der Waals surface area (Å²) in [5, 5.41) is 2.83. The first-order chi connectivity index (χ1) is 13.5. The van der Waals surface area contributed by atoms with Crippen LogP contribution in [-0.2, 0) is 27.2 Å². The highest BCUT2D eigenvalue weighted by Crippen LogP contribution is 2.24. The van der Waals surface area contributed by atoms with Crippen LogP contribution in [0, 0.1) is 5.82 Å². The highest BCUT2D eigenvalue weighted by molar-refractivity contribution is 5.81. The van der Waals surface area contributed by atoms with E-state index in [1.54, 1.807) is 0 Å². The summed E-state index contributed by atoms with van der Waals surface area (Å²) in [6.07, 6.45) is 4.62. The molecule has 1 aliphatic rings. The van der Waals surface area contributed by atoms with Crippen molar-refractivity contribution in [2.75, 3.05) is 13.2 Å². The number of nitrogens with one attached hydrogen (secondary N) is 1. The summed E-state index contributed by atoms with van der Waals surface area (Å²) < 4.78 is 23.1. The zero-order valence-electron chi connectivity index (χ0n) is 15.9. The molecule has 0 saturated heterocycles. The maximum absolute atomic E-state index is 13.1. The van der Waals surface area contributed by atoms with E-state index in [9.17, 15) is 14.0 Å². The molecule has 0 aliphatic heterocycles. The van der Waals surface area contributed by atoms with Gasteiger partial charge in [-0.05, 0) is 61.4 Å². The van der Waals surface area contributed by atoms with Crippen molar-refractivity contribution in [1.29, 1.82) is 0 Å². The van der Waals surface area contributed by atoms with Gasteiger partial charge in [0.25, 0.3) is 5.91 Å². The van der Waals surface area contributed by atoms with E-state index < -0.39 is 18.4 Å². The maximum Gasteiger partial charge on any atom is 0.344 e. The highest BCUT2D eigenvalue weighted by Gasteiger charge is 2.15. The minimum atomic E-state index is -0.694. The molecular formula is C22H24FNO4. The number of rotatable bonds is 7. The predicted octanol–water partition coefficient (Wildman–Crippen LogP) is 3.50. The molecule has 0 fully saturated rings. The first-order valence-electron chi connectivity index (χ1n) is 9.46. The fourth-order valence-electron chi connectivity index (χ4n) is 3.28. The van der Waals surface area contributed by atoms with E-state index >= 15 is 0 Å². The minimum absolute atomic E-state index is 0.179. The van der Waals surface area contributed by atoms with E-state index in [0.29, 0.717) is 0 Å².